The Morgan fingerprint density at radius 2 is 1.95 bits per heavy atom. The molecule has 0 bridgehead atoms. The van der Waals surface area contributed by atoms with Crippen LogP contribution in [0.1, 0.15) is 24.2 Å². The summed E-state index contributed by atoms with van der Waals surface area (Å²) in [6.07, 6.45) is 0. The summed E-state index contributed by atoms with van der Waals surface area (Å²) < 4.78 is 0. The normalized spacial score (nSPS) is 11.7. The maximum atomic E-state index is 12.0. The van der Waals surface area contributed by atoms with Gasteiger partial charge in [-0.05, 0) is 40.1 Å². The predicted octanol–water partition coefficient (Wildman–Crippen LogP) is 2.65. The molecule has 0 fully saturated rings. The van der Waals surface area contributed by atoms with Gasteiger partial charge in [0.05, 0.1) is 15.7 Å². The lowest BCUT2D eigenvalue weighted by atomic mass is 10.0. The number of likely N-dealkylation sites (N-methyl/N-ethyl adjacent to an activating group) is 1. The number of nitrogens with zero attached hydrogens (tertiary/aromatic N) is 1. The largest absolute Gasteiger partial charge is 0.397 e. The number of nitrogen functional groups attached to an aromatic ring is 1. The molecule has 0 aromatic heterocycles. The van der Waals surface area contributed by atoms with Gasteiger partial charge in [-0.1, -0.05) is 23.2 Å². The molecular formula is C13H19Cl2N3O. The molecule has 3 N–H and O–H groups in total. The van der Waals surface area contributed by atoms with Gasteiger partial charge in [-0.25, -0.2) is 0 Å². The fraction of sp³-hybridized carbons (Fsp3) is 0.462. The molecular weight excluding hydrogens is 285 g/mol. The van der Waals surface area contributed by atoms with E-state index < -0.39 is 0 Å². The molecule has 0 saturated carbocycles. The standard InChI is InChI=1S/C13H19Cl2N3O/c1-13(2,18(3)4)7-17-12(19)8-5-9(14)11(15)10(16)6-8/h5-6H,7,16H2,1-4H3,(H,17,19). The number of rotatable bonds is 4. The van der Waals surface area contributed by atoms with Crippen molar-refractivity contribution in [1.29, 1.82) is 0 Å². The number of anilines is 1. The van der Waals surface area contributed by atoms with E-state index in [-0.39, 0.29) is 21.5 Å². The van der Waals surface area contributed by atoms with E-state index in [9.17, 15) is 4.79 Å². The fourth-order valence-corrected chi connectivity index (χ4v) is 1.63. The van der Waals surface area contributed by atoms with Crippen molar-refractivity contribution in [2.24, 2.45) is 0 Å². The molecule has 0 saturated heterocycles. The third-order valence-electron chi connectivity index (χ3n) is 3.21. The van der Waals surface area contributed by atoms with Crippen LogP contribution in [0.2, 0.25) is 10.0 Å². The molecule has 4 nitrogen and oxygen atoms in total. The summed E-state index contributed by atoms with van der Waals surface area (Å²) in [4.78, 5) is 14.1. The van der Waals surface area contributed by atoms with E-state index in [0.29, 0.717) is 17.8 Å². The second-order valence-electron chi connectivity index (χ2n) is 5.25. The Hall–Kier alpha value is -0.970. The van der Waals surface area contributed by atoms with Crippen LogP contribution in [-0.2, 0) is 0 Å². The number of carbonyl (C=O) groups is 1. The van der Waals surface area contributed by atoms with Crippen LogP contribution in [0.5, 0.6) is 0 Å². The van der Waals surface area contributed by atoms with Crippen LogP contribution >= 0.6 is 23.2 Å². The number of halogens is 2. The van der Waals surface area contributed by atoms with Gasteiger partial charge in [0.1, 0.15) is 0 Å². The molecule has 0 heterocycles. The van der Waals surface area contributed by atoms with Crippen molar-refractivity contribution in [3.8, 4) is 0 Å². The predicted molar refractivity (Wildman–Crippen MR) is 81.0 cm³/mol. The van der Waals surface area contributed by atoms with Crippen molar-refractivity contribution in [3.05, 3.63) is 27.7 Å². The summed E-state index contributed by atoms with van der Waals surface area (Å²) in [5.41, 5.74) is 6.24. The van der Waals surface area contributed by atoms with Crippen molar-refractivity contribution in [1.82, 2.24) is 10.2 Å². The average Bonchev–Trinajstić information content (AvgIpc) is 2.32. The maximum Gasteiger partial charge on any atom is 0.251 e. The molecule has 1 aromatic rings. The van der Waals surface area contributed by atoms with Gasteiger partial charge in [0.15, 0.2) is 0 Å². The van der Waals surface area contributed by atoms with Gasteiger partial charge in [0.25, 0.3) is 5.91 Å². The Morgan fingerprint density at radius 3 is 2.42 bits per heavy atom. The monoisotopic (exact) mass is 303 g/mol. The minimum Gasteiger partial charge on any atom is -0.397 e. The van der Waals surface area contributed by atoms with Crippen molar-refractivity contribution < 1.29 is 4.79 Å². The van der Waals surface area contributed by atoms with Crippen molar-refractivity contribution in [3.63, 3.8) is 0 Å². The molecule has 1 aromatic carbocycles. The van der Waals surface area contributed by atoms with Crippen LogP contribution in [0.3, 0.4) is 0 Å². The molecule has 19 heavy (non-hydrogen) atoms. The Balaban J connectivity index is 2.80. The van der Waals surface area contributed by atoms with Gasteiger partial charge in [-0.3, -0.25) is 4.79 Å². The number of hydrogen-bond donors (Lipinski definition) is 2. The molecule has 0 aliphatic heterocycles. The second-order valence-corrected chi connectivity index (χ2v) is 6.04. The Kier molecular flexibility index (Phi) is 5.07. The van der Waals surface area contributed by atoms with Crippen LogP contribution in [0, 0.1) is 0 Å². The minimum absolute atomic E-state index is 0.141. The first-order valence-corrected chi connectivity index (χ1v) is 6.61. The first-order valence-electron chi connectivity index (χ1n) is 5.85. The van der Waals surface area contributed by atoms with Gasteiger partial charge in [0.2, 0.25) is 0 Å². The quantitative estimate of drug-likeness (QED) is 0.841. The van der Waals surface area contributed by atoms with Gasteiger partial charge >= 0.3 is 0 Å². The molecule has 0 radical (unpaired) electrons. The van der Waals surface area contributed by atoms with Crippen LogP contribution in [0.15, 0.2) is 12.1 Å². The van der Waals surface area contributed by atoms with Crippen LogP contribution < -0.4 is 11.1 Å². The fourth-order valence-electron chi connectivity index (χ4n) is 1.30. The molecule has 0 unspecified atom stereocenters. The molecule has 0 spiro atoms. The van der Waals surface area contributed by atoms with E-state index in [2.05, 4.69) is 5.32 Å². The number of carbonyl (C=O) groups excluding carboxylic acids is 1. The summed E-state index contributed by atoms with van der Waals surface area (Å²) in [6, 6.07) is 3.03. The van der Waals surface area contributed by atoms with E-state index in [4.69, 9.17) is 28.9 Å². The van der Waals surface area contributed by atoms with E-state index in [0.717, 1.165) is 0 Å². The van der Waals surface area contributed by atoms with Crippen LogP contribution in [-0.4, -0.2) is 37.0 Å². The van der Waals surface area contributed by atoms with Crippen molar-refractivity contribution >= 4 is 34.8 Å². The van der Waals surface area contributed by atoms with Crippen molar-refractivity contribution in [2.45, 2.75) is 19.4 Å². The number of benzene rings is 1. The third kappa shape index (κ3) is 4.00. The van der Waals surface area contributed by atoms with Crippen LogP contribution in [0.4, 0.5) is 5.69 Å². The summed E-state index contributed by atoms with van der Waals surface area (Å²) in [7, 11) is 3.92. The molecule has 1 amide bonds. The van der Waals surface area contributed by atoms with E-state index in [1.807, 2.05) is 32.8 Å². The summed E-state index contributed by atoms with van der Waals surface area (Å²) in [5.74, 6) is -0.222. The molecule has 0 atom stereocenters. The Morgan fingerprint density at radius 1 is 1.37 bits per heavy atom. The molecule has 0 aliphatic rings. The van der Waals surface area contributed by atoms with E-state index in [1.165, 1.54) is 12.1 Å². The second kappa shape index (κ2) is 5.99. The molecule has 106 valence electrons. The number of amides is 1. The zero-order chi connectivity index (χ0) is 14.8. The highest BCUT2D eigenvalue weighted by atomic mass is 35.5. The highest BCUT2D eigenvalue weighted by Gasteiger charge is 2.21. The molecule has 6 heteroatoms. The van der Waals surface area contributed by atoms with E-state index >= 15 is 0 Å². The van der Waals surface area contributed by atoms with Gasteiger partial charge < -0.3 is 16.0 Å². The zero-order valence-electron chi connectivity index (χ0n) is 11.6. The highest BCUT2D eigenvalue weighted by Crippen LogP contribution is 2.29. The lowest BCUT2D eigenvalue weighted by molar-refractivity contribution is 0.0920. The summed E-state index contributed by atoms with van der Waals surface area (Å²) in [5, 5.41) is 3.40. The summed E-state index contributed by atoms with van der Waals surface area (Å²) in [6.45, 7) is 4.59. The molecule has 1 rings (SSSR count). The lowest BCUT2D eigenvalue weighted by Crippen LogP contribution is -2.48. The topological polar surface area (TPSA) is 58.4 Å². The van der Waals surface area contributed by atoms with Crippen LogP contribution in [0.25, 0.3) is 0 Å². The molecule has 0 aliphatic carbocycles. The first-order chi connectivity index (χ1) is 8.65. The number of nitrogens with two attached hydrogens (primary N) is 1. The SMILES string of the molecule is CN(C)C(C)(C)CNC(=O)c1cc(N)c(Cl)c(Cl)c1. The average molecular weight is 304 g/mol. The third-order valence-corrected chi connectivity index (χ3v) is 4.03. The lowest BCUT2D eigenvalue weighted by Gasteiger charge is -2.32. The smallest absolute Gasteiger partial charge is 0.251 e. The van der Waals surface area contributed by atoms with Gasteiger partial charge in [-0.2, -0.15) is 0 Å². The summed E-state index contributed by atoms with van der Waals surface area (Å²) >= 11 is 11.8. The number of hydrogen-bond acceptors (Lipinski definition) is 3. The van der Waals surface area contributed by atoms with Gasteiger partial charge in [0, 0.05) is 17.6 Å². The minimum atomic E-state index is -0.222. The first kappa shape index (κ1) is 16.1. The zero-order valence-corrected chi connectivity index (χ0v) is 13.1. The van der Waals surface area contributed by atoms with E-state index in [1.54, 1.807) is 0 Å². The highest BCUT2D eigenvalue weighted by molar-refractivity contribution is 6.43. The number of nitrogens with one attached hydrogen (secondary N) is 1. The Labute approximate surface area is 123 Å². The van der Waals surface area contributed by atoms with Gasteiger partial charge in [-0.15, -0.1) is 0 Å². The Bertz CT molecular complexity index is 464. The van der Waals surface area contributed by atoms with Crippen molar-refractivity contribution in [2.75, 3.05) is 26.4 Å². The maximum absolute atomic E-state index is 12.0.